The highest BCUT2D eigenvalue weighted by molar-refractivity contribution is 6.35. The van der Waals surface area contributed by atoms with Crippen LogP contribution in [0.5, 0.6) is 0 Å². The number of para-hydroxylation sites is 5. The predicted octanol–water partition coefficient (Wildman–Crippen LogP) is 14.6. The average molecular weight is 738 g/mol. The molecule has 0 atom stereocenters. The van der Waals surface area contributed by atoms with Crippen LogP contribution in [0.4, 0.5) is 0 Å². The summed E-state index contributed by atoms with van der Waals surface area (Å²) in [5.41, 5.74) is 15.0. The van der Waals surface area contributed by atoms with Crippen molar-refractivity contribution in [2.75, 3.05) is 0 Å². The van der Waals surface area contributed by atoms with Gasteiger partial charge >= 0.3 is 0 Å². The van der Waals surface area contributed by atoms with Crippen molar-refractivity contribution in [1.82, 2.24) is 13.5 Å². The van der Waals surface area contributed by atoms with Crippen LogP contribution in [0.2, 0.25) is 0 Å². The number of hydrogen-bond donors (Lipinski definition) is 0. The van der Waals surface area contributed by atoms with E-state index in [1.54, 1.807) is 0 Å². The standard InChI is InChI=1S/C54H31N3O/c1-2-13-33(14-3-1)55-41-19-8-5-16-36(41)40-31-32(25-28-44(40)55)34-26-27-37-35-15-4-9-20-42(35)57-47-30-29-46-51(53(47)52(34)54(37)57)38-17-6-10-21-43(38)56(46)45-22-12-24-49-50(45)39-18-7-11-23-48(39)58-49/h1-31H. The Labute approximate surface area is 330 Å². The number of nitrogens with zero attached hydrogens (tertiary/aromatic N) is 3. The van der Waals surface area contributed by atoms with Gasteiger partial charge in [-0.25, -0.2) is 0 Å². The first-order valence-corrected chi connectivity index (χ1v) is 19.9. The van der Waals surface area contributed by atoms with Crippen molar-refractivity contribution >= 4 is 104 Å². The molecular formula is C54H31N3O. The molecule has 58 heavy (non-hydrogen) atoms. The molecule has 5 heterocycles. The Morgan fingerprint density at radius 2 is 0.966 bits per heavy atom. The van der Waals surface area contributed by atoms with Crippen molar-refractivity contribution in [1.29, 1.82) is 0 Å². The lowest BCUT2D eigenvalue weighted by atomic mass is 9.94. The van der Waals surface area contributed by atoms with Gasteiger partial charge in [0.25, 0.3) is 0 Å². The van der Waals surface area contributed by atoms with E-state index >= 15 is 0 Å². The molecule has 0 spiro atoms. The van der Waals surface area contributed by atoms with Crippen molar-refractivity contribution in [3.8, 4) is 22.5 Å². The molecule has 0 fully saturated rings. The fourth-order valence-corrected chi connectivity index (χ4v) is 10.5. The fraction of sp³-hybridized carbons (Fsp3) is 0. The van der Waals surface area contributed by atoms with Gasteiger partial charge < -0.3 is 18.0 Å². The van der Waals surface area contributed by atoms with E-state index in [0.29, 0.717) is 0 Å². The Morgan fingerprint density at radius 1 is 0.328 bits per heavy atom. The highest BCUT2D eigenvalue weighted by atomic mass is 16.3. The second kappa shape index (κ2) is 10.9. The highest BCUT2D eigenvalue weighted by Gasteiger charge is 2.26. The summed E-state index contributed by atoms with van der Waals surface area (Å²) >= 11 is 0. The number of fused-ring (bicyclic) bond motifs is 16. The van der Waals surface area contributed by atoms with Gasteiger partial charge in [-0.05, 0) is 83.9 Å². The lowest BCUT2D eigenvalue weighted by Crippen LogP contribution is -1.94. The number of rotatable bonds is 3. The monoisotopic (exact) mass is 737 g/mol. The van der Waals surface area contributed by atoms with Crippen LogP contribution in [0.1, 0.15) is 0 Å². The molecule has 5 aromatic heterocycles. The van der Waals surface area contributed by atoms with E-state index in [2.05, 4.69) is 196 Å². The van der Waals surface area contributed by atoms with Gasteiger partial charge in [-0.1, -0.05) is 115 Å². The largest absolute Gasteiger partial charge is 0.456 e. The van der Waals surface area contributed by atoms with Crippen molar-refractivity contribution in [3.05, 3.63) is 188 Å². The molecule has 0 N–H and O–H groups in total. The Balaban J connectivity index is 1.15. The van der Waals surface area contributed by atoms with E-state index in [0.717, 1.165) is 33.3 Å². The molecule has 9 aromatic carbocycles. The minimum atomic E-state index is 0.893. The zero-order chi connectivity index (χ0) is 37.6. The second-order valence-corrected chi connectivity index (χ2v) is 15.6. The Kier molecular flexibility index (Phi) is 5.73. The van der Waals surface area contributed by atoms with Crippen molar-refractivity contribution < 1.29 is 4.42 Å². The summed E-state index contributed by atoms with van der Waals surface area (Å²) in [6.45, 7) is 0. The highest BCUT2D eigenvalue weighted by Crippen LogP contribution is 2.49. The van der Waals surface area contributed by atoms with Gasteiger partial charge in [0.1, 0.15) is 11.2 Å². The van der Waals surface area contributed by atoms with Crippen LogP contribution in [0.15, 0.2) is 192 Å². The van der Waals surface area contributed by atoms with Gasteiger partial charge in [-0.2, -0.15) is 0 Å². The molecule has 0 bridgehead atoms. The van der Waals surface area contributed by atoms with Gasteiger partial charge in [0.15, 0.2) is 0 Å². The van der Waals surface area contributed by atoms with Gasteiger partial charge in [-0.3, -0.25) is 0 Å². The first-order chi connectivity index (χ1) is 28.8. The van der Waals surface area contributed by atoms with E-state index in [1.807, 2.05) is 6.07 Å². The molecule has 268 valence electrons. The normalized spacial score (nSPS) is 12.5. The summed E-state index contributed by atoms with van der Waals surface area (Å²) in [7, 11) is 0. The predicted molar refractivity (Wildman–Crippen MR) is 242 cm³/mol. The number of aromatic nitrogens is 3. The minimum Gasteiger partial charge on any atom is -0.456 e. The summed E-state index contributed by atoms with van der Waals surface area (Å²) in [5, 5.41) is 12.4. The molecule has 0 amide bonds. The third-order valence-corrected chi connectivity index (χ3v) is 12.8. The smallest absolute Gasteiger partial charge is 0.137 e. The maximum Gasteiger partial charge on any atom is 0.137 e. The molecular weight excluding hydrogens is 707 g/mol. The molecule has 14 aromatic rings. The second-order valence-electron chi connectivity index (χ2n) is 15.6. The van der Waals surface area contributed by atoms with Gasteiger partial charge in [0, 0.05) is 54.2 Å². The molecule has 0 aliphatic heterocycles. The summed E-state index contributed by atoms with van der Waals surface area (Å²) in [6.07, 6.45) is 0. The van der Waals surface area contributed by atoms with Crippen LogP contribution >= 0.6 is 0 Å². The van der Waals surface area contributed by atoms with Crippen molar-refractivity contribution in [2.45, 2.75) is 0 Å². The van der Waals surface area contributed by atoms with Crippen LogP contribution in [0.25, 0.3) is 126 Å². The topological polar surface area (TPSA) is 27.4 Å². The molecule has 0 saturated heterocycles. The van der Waals surface area contributed by atoms with Crippen LogP contribution < -0.4 is 0 Å². The van der Waals surface area contributed by atoms with E-state index in [-0.39, 0.29) is 0 Å². The quantitative estimate of drug-likeness (QED) is 0.177. The zero-order valence-electron chi connectivity index (χ0n) is 31.1. The molecule has 14 rings (SSSR count). The molecule has 4 nitrogen and oxygen atoms in total. The van der Waals surface area contributed by atoms with Gasteiger partial charge in [0.2, 0.25) is 0 Å². The maximum absolute atomic E-state index is 6.43. The molecule has 0 aliphatic carbocycles. The Hall–Kier alpha value is -7.82. The van der Waals surface area contributed by atoms with Crippen LogP contribution in [0, 0.1) is 0 Å². The summed E-state index contributed by atoms with van der Waals surface area (Å²) in [5.74, 6) is 0. The van der Waals surface area contributed by atoms with Gasteiger partial charge in [0.05, 0.1) is 49.7 Å². The number of benzene rings is 9. The van der Waals surface area contributed by atoms with Crippen LogP contribution in [0.3, 0.4) is 0 Å². The van der Waals surface area contributed by atoms with E-state index in [1.165, 1.54) is 92.8 Å². The third kappa shape index (κ3) is 3.75. The summed E-state index contributed by atoms with van der Waals surface area (Å²) < 4.78 is 13.8. The Bertz CT molecular complexity index is 4030. The van der Waals surface area contributed by atoms with E-state index in [9.17, 15) is 0 Å². The van der Waals surface area contributed by atoms with Crippen molar-refractivity contribution in [2.24, 2.45) is 0 Å². The van der Waals surface area contributed by atoms with E-state index in [4.69, 9.17) is 4.42 Å². The third-order valence-electron chi connectivity index (χ3n) is 12.8. The molecule has 0 radical (unpaired) electrons. The van der Waals surface area contributed by atoms with Crippen LogP contribution in [-0.2, 0) is 0 Å². The lowest BCUT2D eigenvalue weighted by molar-refractivity contribution is 0.669. The maximum atomic E-state index is 6.43. The Morgan fingerprint density at radius 3 is 1.81 bits per heavy atom. The fourth-order valence-electron chi connectivity index (χ4n) is 10.5. The molecule has 0 aliphatic rings. The van der Waals surface area contributed by atoms with Crippen LogP contribution in [-0.4, -0.2) is 13.5 Å². The average Bonchev–Trinajstić information content (AvgIpc) is 4.08. The zero-order valence-corrected chi connectivity index (χ0v) is 31.1. The summed E-state index contributed by atoms with van der Waals surface area (Å²) in [4.78, 5) is 0. The minimum absolute atomic E-state index is 0.893. The first kappa shape index (κ1) is 30.4. The lowest BCUT2D eigenvalue weighted by Gasteiger charge is -2.10. The molecule has 0 saturated carbocycles. The number of furan rings is 1. The first-order valence-electron chi connectivity index (χ1n) is 19.9. The van der Waals surface area contributed by atoms with Crippen molar-refractivity contribution in [3.63, 3.8) is 0 Å². The molecule has 0 unspecified atom stereocenters. The number of hydrogen-bond acceptors (Lipinski definition) is 1. The molecule has 4 heteroatoms. The van der Waals surface area contributed by atoms with E-state index < -0.39 is 0 Å². The SMILES string of the molecule is c1ccc(-n2c3ccccc3c3cc(-c4ccc5c6ccccc6n6c7ccc8c(c9ccccc9n8-c8cccc9oc%10ccccc%10c89)c7c4c56)ccc32)cc1. The van der Waals surface area contributed by atoms with Gasteiger partial charge in [-0.15, -0.1) is 0 Å². The summed E-state index contributed by atoms with van der Waals surface area (Å²) in [6, 6.07) is 68.6.